The van der Waals surface area contributed by atoms with Gasteiger partial charge in [0.1, 0.15) is 5.75 Å². The molecule has 0 N–H and O–H groups in total. The summed E-state index contributed by atoms with van der Waals surface area (Å²) in [7, 11) is 1.58. The number of pyridine rings is 1. The molecule has 0 saturated heterocycles. The first-order chi connectivity index (χ1) is 11.1. The van der Waals surface area contributed by atoms with Gasteiger partial charge in [0.05, 0.1) is 13.7 Å². The molecule has 116 valence electrons. The minimum atomic E-state index is -0.185. The standard InChI is InChI=1S/C18H14BrNO3/c1-23-15-6-7-16-13(10-15)8-9-20(18(16)22)11-17(21)12-2-4-14(19)5-3-12/h2-10H,11H2,1H3. The van der Waals surface area contributed by atoms with Crippen molar-refractivity contribution in [1.29, 1.82) is 0 Å². The maximum Gasteiger partial charge on any atom is 0.258 e. The number of hydrogen-bond donors (Lipinski definition) is 0. The maximum atomic E-state index is 12.5. The normalized spacial score (nSPS) is 10.7. The molecule has 0 aliphatic carbocycles. The maximum absolute atomic E-state index is 12.5. The number of methoxy groups -OCH3 is 1. The first kappa shape index (κ1) is 15.5. The Morgan fingerprint density at radius 1 is 1.13 bits per heavy atom. The van der Waals surface area contributed by atoms with Gasteiger partial charge in [-0.1, -0.05) is 28.1 Å². The third-order valence-electron chi connectivity index (χ3n) is 3.66. The van der Waals surface area contributed by atoms with Crippen LogP contribution in [0.1, 0.15) is 10.4 Å². The lowest BCUT2D eigenvalue weighted by Gasteiger charge is -2.08. The largest absolute Gasteiger partial charge is 0.497 e. The zero-order valence-electron chi connectivity index (χ0n) is 12.5. The van der Waals surface area contributed by atoms with Crippen LogP contribution in [-0.2, 0) is 6.54 Å². The Morgan fingerprint density at radius 2 is 1.87 bits per heavy atom. The average Bonchev–Trinajstić information content (AvgIpc) is 2.57. The van der Waals surface area contributed by atoms with Crippen molar-refractivity contribution in [3.63, 3.8) is 0 Å². The molecule has 0 spiro atoms. The number of nitrogens with zero attached hydrogens (tertiary/aromatic N) is 1. The number of ketones is 1. The molecule has 23 heavy (non-hydrogen) atoms. The summed E-state index contributed by atoms with van der Waals surface area (Å²) in [5.41, 5.74) is 0.394. The Hall–Kier alpha value is -2.40. The molecule has 0 aliphatic heterocycles. The summed E-state index contributed by atoms with van der Waals surface area (Å²) in [4.78, 5) is 24.8. The molecule has 3 rings (SSSR count). The van der Waals surface area contributed by atoms with Crippen molar-refractivity contribution >= 4 is 32.5 Å². The quantitative estimate of drug-likeness (QED) is 0.657. The van der Waals surface area contributed by atoms with Gasteiger partial charge in [0.15, 0.2) is 5.78 Å². The molecule has 3 aromatic rings. The van der Waals surface area contributed by atoms with Gasteiger partial charge in [-0.3, -0.25) is 9.59 Å². The first-order valence-corrected chi connectivity index (χ1v) is 7.84. The molecule has 2 aromatic carbocycles. The molecule has 0 fully saturated rings. The van der Waals surface area contributed by atoms with Crippen LogP contribution < -0.4 is 10.3 Å². The van der Waals surface area contributed by atoms with Crippen molar-refractivity contribution in [3.8, 4) is 5.75 Å². The third kappa shape index (κ3) is 3.19. The molecule has 0 unspecified atom stereocenters. The molecular formula is C18H14BrNO3. The molecule has 0 radical (unpaired) electrons. The van der Waals surface area contributed by atoms with Gasteiger partial charge in [-0.25, -0.2) is 0 Å². The van der Waals surface area contributed by atoms with E-state index in [1.165, 1.54) is 4.57 Å². The Morgan fingerprint density at radius 3 is 2.57 bits per heavy atom. The third-order valence-corrected chi connectivity index (χ3v) is 4.19. The molecule has 4 nitrogen and oxygen atoms in total. The minimum absolute atomic E-state index is 0.0163. The first-order valence-electron chi connectivity index (χ1n) is 7.04. The highest BCUT2D eigenvalue weighted by atomic mass is 79.9. The number of halogens is 1. The lowest BCUT2D eigenvalue weighted by molar-refractivity contribution is 0.0971. The number of ether oxygens (including phenoxy) is 1. The Kier molecular flexibility index (Phi) is 4.30. The van der Waals surface area contributed by atoms with Gasteiger partial charge < -0.3 is 9.30 Å². The zero-order chi connectivity index (χ0) is 16.4. The van der Waals surface area contributed by atoms with E-state index in [0.29, 0.717) is 16.7 Å². The second-order valence-electron chi connectivity index (χ2n) is 5.13. The number of hydrogen-bond acceptors (Lipinski definition) is 3. The van der Waals surface area contributed by atoms with E-state index in [0.717, 1.165) is 9.86 Å². The topological polar surface area (TPSA) is 48.3 Å². The summed E-state index contributed by atoms with van der Waals surface area (Å²) in [6.07, 6.45) is 1.64. The van der Waals surface area contributed by atoms with Crippen LogP contribution in [-0.4, -0.2) is 17.5 Å². The number of Topliss-reactive ketones (excluding diaryl/α,β-unsaturated/α-hetero) is 1. The van der Waals surface area contributed by atoms with Crippen molar-refractivity contribution in [2.45, 2.75) is 6.54 Å². The van der Waals surface area contributed by atoms with E-state index in [4.69, 9.17) is 4.74 Å². The van der Waals surface area contributed by atoms with E-state index in [1.54, 1.807) is 43.6 Å². The van der Waals surface area contributed by atoms with Crippen LogP contribution in [0.3, 0.4) is 0 Å². The number of carbonyl (C=O) groups is 1. The van der Waals surface area contributed by atoms with Crippen LogP contribution in [0.5, 0.6) is 5.75 Å². The van der Waals surface area contributed by atoms with E-state index in [1.807, 2.05) is 18.2 Å². The van der Waals surface area contributed by atoms with Gasteiger partial charge in [0.2, 0.25) is 0 Å². The second kappa shape index (κ2) is 6.38. The van der Waals surface area contributed by atoms with Crippen LogP contribution in [0.25, 0.3) is 10.8 Å². The predicted molar refractivity (Wildman–Crippen MR) is 93.2 cm³/mol. The molecule has 0 amide bonds. The highest BCUT2D eigenvalue weighted by Crippen LogP contribution is 2.18. The highest BCUT2D eigenvalue weighted by molar-refractivity contribution is 9.10. The minimum Gasteiger partial charge on any atom is -0.497 e. The van der Waals surface area contributed by atoms with Gasteiger partial charge in [0.25, 0.3) is 5.56 Å². The van der Waals surface area contributed by atoms with Gasteiger partial charge >= 0.3 is 0 Å². The molecule has 5 heteroatoms. The smallest absolute Gasteiger partial charge is 0.258 e. The van der Waals surface area contributed by atoms with Crippen LogP contribution in [0.15, 0.2) is 64.0 Å². The van der Waals surface area contributed by atoms with E-state index < -0.39 is 0 Å². The number of fused-ring (bicyclic) bond motifs is 1. The van der Waals surface area contributed by atoms with Crippen molar-refractivity contribution in [1.82, 2.24) is 4.57 Å². The summed E-state index contributed by atoms with van der Waals surface area (Å²) < 4.78 is 7.50. The zero-order valence-corrected chi connectivity index (χ0v) is 14.0. The van der Waals surface area contributed by atoms with Gasteiger partial charge in [0, 0.05) is 21.6 Å². The number of benzene rings is 2. The highest BCUT2D eigenvalue weighted by Gasteiger charge is 2.10. The van der Waals surface area contributed by atoms with E-state index in [-0.39, 0.29) is 17.9 Å². The number of rotatable bonds is 4. The molecule has 0 saturated carbocycles. The van der Waals surface area contributed by atoms with Gasteiger partial charge in [-0.05, 0) is 41.8 Å². The van der Waals surface area contributed by atoms with Gasteiger partial charge in [-0.15, -0.1) is 0 Å². The molecule has 0 bridgehead atoms. The Labute approximate surface area is 141 Å². The molecule has 1 heterocycles. The van der Waals surface area contributed by atoms with Gasteiger partial charge in [-0.2, -0.15) is 0 Å². The number of carbonyl (C=O) groups excluding carboxylic acids is 1. The lowest BCUT2D eigenvalue weighted by atomic mass is 10.1. The van der Waals surface area contributed by atoms with E-state index in [9.17, 15) is 9.59 Å². The second-order valence-corrected chi connectivity index (χ2v) is 6.05. The van der Waals surface area contributed by atoms with Crippen molar-refractivity contribution in [3.05, 3.63) is 75.1 Å². The van der Waals surface area contributed by atoms with Crippen LogP contribution in [0.4, 0.5) is 0 Å². The Balaban J connectivity index is 1.94. The summed E-state index contributed by atoms with van der Waals surface area (Å²) in [5, 5.41) is 1.36. The van der Waals surface area contributed by atoms with Crippen LogP contribution in [0, 0.1) is 0 Å². The van der Waals surface area contributed by atoms with Crippen molar-refractivity contribution in [2.24, 2.45) is 0 Å². The molecule has 1 aromatic heterocycles. The van der Waals surface area contributed by atoms with E-state index >= 15 is 0 Å². The molecule has 0 aliphatic rings. The van der Waals surface area contributed by atoms with Crippen molar-refractivity contribution in [2.75, 3.05) is 7.11 Å². The summed E-state index contributed by atoms with van der Waals surface area (Å²) in [6.45, 7) is 0.0163. The number of aromatic nitrogens is 1. The summed E-state index contributed by atoms with van der Waals surface area (Å²) in [6, 6.07) is 14.2. The Bertz CT molecular complexity index is 929. The van der Waals surface area contributed by atoms with Crippen molar-refractivity contribution < 1.29 is 9.53 Å². The average molecular weight is 372 g/mol. The summed E-state index contributed by atoms with van der Waals surface area (Å²) in [5.74, 6) is 0.591. The molecular weight excluding hydrogens is 358 g/mol. The molecule has 0 atom stereocenters. The fourth-order valence-corrected chi connectivity index (χ4v) is 2.66. The van der Waals surface area contributed by atoms with Crippen LogP contribution in [0.2, 0.25) is 0 Å². The lowest BCUT2D eigenvalue weighted by Crippen LogP contribution is -2.23. The monoisotopic (exact) mass is 371 g/mol. The predicted octanol–water partition coefficient (Wildman–Crippen LogP) is 3.66. The SMILES string of the molecule is COc1ccc2c(=O)n(CC(=O)c3ccc(Br)cc3)ccc2c1. The van der Waals surface area contributed by atoms with Crippen LogP contribution >= 0.6 is 15.9 Å². The fourth-order valence-electron chi connectivity index (χ4n) is 2.40. The fraction of sp³-hybridized carbons (Fsp3) is 0.111. The van der Waals surface area contributed by atoms with E-state index in [2.05, 4.69) is 15.9 Å². The summed E-state index contributed by atoms with van der Waals surface area (Å²) >= 11 is 3.34.